The van der Waals surface area contributed by atoms with Crippen LogP contribution < -0.4 is 0 Å². The minimum absolute atomic E-state index is 0.490. The highest BCUT2D eigenvalue weighted by Gasteiger charge is 2.33. The SMILES string of the molecule is c1ccc2c(c1)C(N1CCCC1)c1cccn1-2. The standard InChI is InChI=1S/C15H16N2/c1-2-7-13-12(6-1)15(16-9-3-4-10-16)14-8-5-11-17(13)14/h1-2,5-8,11,15H,3-4,9-10H2. The highest BCUT2D eigenvalue weighted by atomic mass is 15.2. The Hall–Kier alpha value is -1.54. The fourth-order valence-corrected chi connectivity index (χ4v) is 3.32. The zero-order valence-corrected chi connectivity index (χ0v) is 9.84. The minimum atomic E-state index is 0.490. The molecule has 0 N–H and O–H groups in total. The van der Waals surface area contributed by atoms with Crippen molar-refractivity contribution in [1.82, 2.24) is 9.47 Å². The second-order valence-electron chi connectivity index (χ2n) is 5.01. The Morgan fingerprint density at radius 3 is 2.65 bits per heavy atom. The lowest BCUT2D eigenvalue weighted by molar-refractivity contribution is 0.282. The number of benzene rings is 1. The molecule has 1 aromatic carbocycles. The van der Waals surface area contributed by atoms with Gasteiger partial charge < -0.3 is 4.57 Å². The monoisotopic (exact) mass is 224 g/mol. The third-order valence-corrected chi connectivity index (χ3v) is 4.06. The van der Waals surface area contributed by atoms with Gasteiger partial charge in [-0.05, 0) is 49.7 Å². The summed E-state index contributed by atoms with van der Waals surface area (Å²) in [6.45, 7) is 2.48. The lowest BCUT2D eigenvalue weighted by Gasteiger charge is -2.23. The molecule has 0 aliphatic carbocycles. The second kappa shape index (κ2) is 3.47. The summed E-state index contributed by atoms with van der Waals surface area (Å²) in [5.41, 5.74) is 4.28. The molecule has 1 atom stereocenters. The molecule has 0 radical (unpaired) electrons. The van der Waals surface area contributed by atoms with Gasteiger partial charge in [0, 0.05) is 11.9 Å². The van der Waals surface area contributed by atoms with Gasteiger partial charge in [0.05, 0.1) is 11.7 Å². The number of fused-ring (bicyclic) bond motifs is 3. The number of aromatic nitrogens is 1. The van der Waals surface area contributed by atoms with E-state index >= 15 is 0 Å². The first-order valence-electron chi connectivity index (χ1n) is 6.46. The number of likely N-dealkylation sites (tertiary alicyclic amines) is 1. The Labute approximate surface area is 101 Å². The van der Waals surface area contributed by atoms with Crippen LogP contribution in [0.2, 0.25) is 0 Å². The maximum Gasteiger partial charge on any atom is 0.0780 e. The van der Waals surface area contributed by atoms with E-state index in [-0.39, 0.29) is 0 Å². The van der Waals surface area contributed by atoms with Crippen LogP contribution in [0.3, 0.4) is 0 Å². The summed E-state index contributed by atoms with van der Waals surface area (Å²) in [6, 6.07) is 13.7. The molecule has 1 saturated heterocycles. The third kappa shape index (κ3) is 1.25. The van der Waals surface area contributed by atoms with Gasteiger partial charge in [0.2, 0.25) is 0 Å². The molecule has 4 rings (SSSR count). The Kier molecular flexibility index (Phi) is 1.94. The summed E-state index contributed by atoms with van der Waals surface area (Å²) in [5, 5.41) is 0. The molecule has 0 amide bonds. The van der Waals surface area contributed by atoms with Crippen LogP contribution in [0, 0.1) is 0 Å². The highest BCUT2D eigenvalue weighted by molar-refractivity contribution is 5.53. The summed E-state index contributed by atoms with van der Waals surface area (Å²) in [7, 11) is 0. The number of nitrogens with zero attached hydrogens (tertiary/aromatic N) is 2. The smallest absolute Gasteiger partial charge is 0.0780 e. The summed E-state index contributed by atoms with van der Waals surface area (Å²) >= 11 is 0. The molecular weight excluding hydrogens is 208 g/mol. The number of rotatable bonds is 1. The van der Waals surface area contributed by atoms with Crippen molar-refractivity contribution in [3.8, 4) is 5.69 Å². The van der Waals surface area contributed by atoms with Gasteiger partial charge in [0.1, 0.15) is 0 Å². The van der Waals surface area contributed by atoms with Gasteiger partial charge in [0.15, 0.2) is 0 Å². The molecule has 2 nitrogen and oxygen atoms in total. The first-order valence-corrected chi connectivity index (χ1v) is 6.46. The molecule has 17 heavy (non-hydrogen) atoms. The third-order valence-electron chi connectivity index (χ3n) is 4.06. The van der Waals surface area contributed by atoms with Crippen LogP contribution in [0.1, 0.15) is 30.1 Å². The van der Waals surface area contributed by atoms with Gasteiger partial charge >= 0.3 is 0 Å². The fraction of sp³-hybridized carbons (Fsp3) is 0.333. The van der Waals surface area contributed by atoms with E-state index in [1.54, 1.807) is 0 Å². The van der Waals surface area contributed by atoms with Crippen LogP contribution in [-0.4, -0.2) is 22.6 Å². The molecule has 86 valence electrons. The zero-order chi connectivity index (χ0) is 11.2. The van der Waals surface area contributed by atoms with Crippen LogP contribution in [-0.2, 0) is 0 Å². The van der Waals surface area contributed by atoms with Crippen molar-refractivity contribution in [1.29, 1.82) is 0 Å². The normalized spacial score (nSPS) is 22.7. The average Bonchev–Trinajstić information content (AvgIpc) is 3.04. The largest absolute Gasteiger partial charge is 0.319 e. The molecule has 0 bridgehead atoms. The molecule has 1 fully saturated rings. The van der Waals surface area contributed by atoms with Crippen molar-refractivity contribution in [3.63, 3.8) is 0 Å². The van der Waals surface area contributed by atoms with Crippen molar-refractivity contribution < 1.29 is 0 Å². The Morgan fingerprint density at radius 1 is 0.941 bits per heavy atom. The predicted octanol–water partition coefficient (Wildman–Crippen LogP) is 2.98. The van der Waals surface area contributed by atoms with E-state index in [9.17, 15) is 0 Å². The molecule has 2 heteroatoms. The first-order chi connectivity index (χ1) is 8.45. The van der Waals surface area contributed by atoms with Gasteiger partial charge in [-0.2, -0.15) is 0 Å². The number of hydrogen-bond acceptors (Lipinski definition) is 1. The van der Waals surface area contributed by atoms with E-state index in [1.807, 2.05) is 0 Å². The molecule has 1 aromatic heterocycles. The quantitative estimate of drug-likeness (QED) is 0.723. The maximum absolute atomic E-state index is 2.62. The molecule has 0 saturated carbocycles. The summed E-state index contributed by atoms with van der Waals surface area (Å²) in [5.74, 6) is 0. The average molecular weight is 224 g/mol. The van der Waals surface area contributed by atoms with E-state index in [1.165, 1.54) is 42.9 Å². The molecule has 2 aliphatic rings. The van der Waals surface area contributed by atoms with Crippen molar-refractivity contribution >= 4 is 0 Å². The number of hydrogen-bond donors (Lipinski definition) is 0. The Bertz CT molecular complexity index is 550. The highest BCUT2D eigenvalue weighted by Crippen LogP contribution is 2.41. The van der Waals surface area contributed by atoms with Gasteiger partial charge in [-0.3, -0.25) is 4.90 Å². The summed E-state index contributed by atoms with van der Waals surface area (Å²) in [4.78, 5) is 2.62. The molecular formula is C15H16N2. The lowest BCUT2D eigenvalue weighted by Crippen LogP contribution is -2.25. The molecule has 2 aromatic rings. The summed E-state index contributed by atoms with van der Waals surface area (Å²) in [6.07, 6.45) is 4.88. The van der Waals surface area contributed by atoms with E-state index in [0.29, 0.717) is 6.04 Å². The lowest BCUT2D eigenvalue weighted by atomic mass is 10.0. The Balaban J connectivity index is 1.90. The molecule has 0 spiro atoms. The first kappa shape index (κ1) is 9.49. The van der Waals surface area contributed by atoms with E-state index in [2.05, 4.69) is 52.1 Å². The van der Waals surface area contributed by atoms with Crippen molar-refractivity contribution in [2.24, 2.45) is 0 Å². The van der Waals surface area contributed by atoms with Gasteiger partial charge in [-0.25, -0.2) is 0 Å². The van der Waals surface area contributed by atoms with E-state index < -0.39 is 0 Å². The van der Waals surface area contributed by atoms with Gasteiger partial charge in [-0.15, -0.1) is 0 Å². The molecule has 1 unspecified atom stereocenters. The fourth-order valence-electron chi connectivity index (χ4n) is 3.32. The van der Waals surface area contributed by atoms with Crippen LogP contribution in [0.4, 0.5) is 0 Å². The maximum atomic E-state index is 2.62. The van der Waals surface area contributed by atoms with Gasteiger partial charge in [-0.1, -0.05) is 18.2 Å². The van der Waals surface area contributed by atoms with Crippen molar-refractivity contribution in [2.75, 3.05) is 13.1 Å². The van der Waals surface area contributed by atoms with Crippen LogP contribution in [0.15, 0.2) is 42.6 Å². The molecule has 2 aliphatic heterocycles. The Morgan fingerprint density at radius 2 is 1.76 bits per heavy atom. The molecule has 3 heterocycles. The van der Waals surface area contributed by atoms with Crippen molar-refractivity contribution in [3.05, 3.63) is 53.9 Å². The summed E-state index contributed by atoms with van der Waals surface area (Å²) < 4.78 is 2.35. The predicted molar refractivity (Wildman–Crippen MR) is 68.4 cm³/mol. The van der Waals surface area contributed by atoms with Gasteiger partial charge in [0.25, 0.3) is 0 Å². The second-order valence-corrected chi connectivity index (χ2v) is 5.01. The zero-order valence-electron chi connectivity index (χ0n) is 9.84. The van der Waals surface area contributed by atoms with E-state index in [4.69, 9.17) is 0 Å². The van der Waals surface area contributed by atoms with Crippen LogP contribution in [0.25, 0.3) is 5.69 Å². The van der Waals surface area contributed by atoms with Crippen molar-refractivity contribution in [2.45, 2.75) is 18.9 Å². The number of para-hydroxylation sites is 1. The minimum Gasteiger partial charge on any atom is -0.319 e. The van der Waals surface area contributed by atoms with E-state index in [0.717, 1.165) is 0 Å². The van der Waals surface area contributed by atoms with Crippen LogP contribution >= 0.6 is 0 Å². The van der Waals surface area contributed by atoms with Crippen LogP contribution in [0.5, 0.6) is 0 Å². The topological polar surface area (TPSA) is 8.17 Å².